The maximum atomic E-state index is 2.99. The zero-order chi connectivity index (χ0) is 18.0. The third kappa shape index (κ3) is 2.97. The molecular weight excluding hydrogens is 568 g/mol. The molecule has 136 valence electrons. The molecule has 0 aliphatic carbocycles. The van der Waals surface area contributed by atoms with E-state index in [-0.39, 0.29) is 0 Å². The van der Waals surface area contributed by atoms with Crippen molar-refractivity contribution in [1.82, 2.24) is 0 Å². The molecule has 2 aliphatic rings. The molecule has 0 radical (unpaired) electrons. The molecule has 4 heteroatoms. The number of rotatable bonds is 1. The summed E-state index contributed by atoms with van der Waals surface area (Å²) in [6, 6.07) is 18.8. The van der Waals surface area contributed by atoms with Gasteiger partial charge < -0.3 is 0 Å². The van der Waals surface area contributed by atoms with Gasteiger partial charge in [0.2, 0.25) is 0 Å². The molecule has 2 heterocycles. The van der Waals surface area contributed by atoms with Crippen LogP contribution < -0.4 is 0 Å². The van der Waals surface area contributed by atoms with Crippen LogP contribution in [0.25, 0.3) is 0 Å². The van der Waals surface area contributed by atoms with Crippen molar-refractivity contribution in [1.29, 1.82) is 0 Å². The fourth-order valence-electron chi connectivity index (χ4n) is 5.14. The Morgan fingerprint density at radius 1 is 0.800 bits per heavy atom. The van der Waals surface area contributed by atoms with Crippen LogP contribution in [0.15, 0.2) is 48.5 Å². The molecular formula is C21H28I2P2. The van der Waals surface area contributed by atoms with Crippen molar-refractivity contribution < 1.29 is 0 Å². The van der Waals surface area contributed by atoms with E-state index in [0.29, 0.717) is 5.16 Å². The molecule has 0 amide bonds. The first-order chi connectivity index (χ1) is 11.7. The van der Waals surface area contributed by atoms with E-state index in [2.05, 4.69) is 120 Å². The SMILES string of the molecule is CC(C)(C)[PH]1(I)Cc2ccccc2[C@@H]1C1c2ccccc2C[PH]1(C)I. The van der Waals surface area contributed by atoms with E-state index in [1.165, 1.54) is 12.3 Å². The molecule has 0 nitrogen and oxygen atoms in total. The fraction of sp³-hybridized carbons (Fsp3) is 0.429. The van der Waals surface area contributed by atoms with Crippen molar-refractivity contribution in [2.24, 2.45) is 0 Å². The predicted molar refractivity (Wildman–Crippen MR) is 136 cm³/mol. The van der Waals surface area contributed by atoms with Gasteiger partial charge >= 0.3 is 181 Å². The van der Waals surface area contributed by atoms with Crippen molar-refractivity contribution in [3.8, 4) is 0 Å². The summed E-state index contributed by atoms with van der Waals surface area (Å²) < 4.78 is 0. The minimum atomic E-state index is -1.54. The predicted octanol–water partition coefficient (Wildman–Crippen LogP) is 8.12. The molecule has 2 atom stereocenters. The third-order valence-corrected chi connectivity index (χ3v) is 26.0. The molecule has 0 aromatic heterocycles. The van der Waals surface area contributed by atoms with Gasteiger partial charge in [-0.1, -0.05) is 0 Å². The normalized spacial score (nSPS) is 28.9. The van der Waals surface area contributed by atoms with Gasteiger partial charge in [-0.15, -0.1) is 0 Å². The molecule has 25 heavy (non-hydrogen) atoms. The number of hydrogen-bond acceptors (Lipinski definition) is 0. The van der Waals surface area contributed by atoms with Gasteiger partial charge in [-0.05, 0) is 0 Å². The first kappa shape index (κ1) is 19.1. The minimum absolute atomic E-state index is 0.413. The Kier molecular flexibility index (Phi) is 4.88. The second-order valence-corrected chi connectivity index (χ2v) is 30.0. The molecule has 0 N–H and O–H groups in total. The number of hydrogen-bond donors (Lipinski definition) is 0. The van der Waals surface area contributed by atoms with Gasteiger partial charge in [0.15, 0.2) is 0 Å². The maximum absolute atomic E-state index is 2.99. The van der Waals surface area contributed by atoms with Gasteiger partial charge in [-0.3, -0.25) is 0 Å². The van der Waals surface area contributed by atoms with E-state index in [9.17, 15) is 0 Å². The van der Waals surface area contributed by atoms with Crippen molar-refractivity contribution >= 4 is 53.9 Å². The van der Waals surface area contributed by atoms with E-state index < -0.39 is 9.81 Å². The molecule has 2 aromatic carbocycles. The van der Waals surface area contributed by atoms with Crippen LogP contribution in [0, 0.1) is 0 Å². The van der Waals surface area contributed by atoms with Crippen LogP contribution in [-0.2, 0) is 12.3 Å². The van der Waals surface area contributed by atoms with Crippen LogP contribution >= 0.6 is 53.9 Å². The second-order valence-electron chi connectivity index (χ2n) is 9.10. The van der Waals surface area contributed by atoms with E-state index >= 15 is 0 Å². The van der Waals surface area contributed by atoms with Crippen LogP contribution in [0.1, 0.15) is 54.3 Å². The molecule has 0 saturated heterocycles. The van der Waals surface area contributed by atoms with Crippen LogP contribution in [0.4, 0.5) is 0 Å². The van der Waals surface area contributed by atoms with Crippen LogP contribution in [0.2, 0.25) is 0 Å². The molecule has 0 saturated carbocycles. The Hall–Kier alpha value is 0.760. The van der Waals surface area contributed by atoms with E-state index in [4.69, 9.17) is 0 Å². The van der Waals surface area contributed by atoms with Gasteiger partial charge in [-0.2, -0.15) is 0 Å². The molecule has 4 rings (SSSR count). The molecule has 2 aromatic rings. The Labute approximate surface area is 179 Å². The quantitative estimate of drug-likeness (QED) is 0.231. The summed E-state index contributed by atoms with van der Waals surface area (Å²) >= 11 is 5.91. The van der Waals surface area contributed by atoms with Gasteiger partial charge in [0, 0.05) is 0 Å². The van der Waals surface area contributed by atoms with E-state index in [1.54, 1.807) is 22.3 Å². The Morgan fingerprint density at radius 2 is 1.28 bits per heavy atom. The fourth-order valence-corrected chi connectivity index (χ4v) is 22.9. The summed E-state index contributed by atoms with van der Waals surface area (Å²) in [5.41, 5.74) is 8.20. The zero-order valence-electron chi connectivity index (χ0n) is 15.4. The average Bonchev–Trinajstić information content (AvgIpc) is 2.96. The second kappa shape index (κ2) is 6.39. The van der Waals surface area contributed by atoms with E-state index in [0.717, 1.165) is 11.3 Å². The van der Waals surface area contributed by atoms with Crippen molar-refractivity contribution in [2.75, 3.05) is 6.66 Å². The summed E-state index contributed by atoms with van der Waals surface area (Å²) in [6.45, 7) is 10.2. The average molecular weight is 596 g/mol. The molecule has 0 fully saturated rings. The van der Waals surface area contributed by atoms with Crippen molar-refractivity contribution in [3.63, 3.8) is 0 Å². The van der Waals surface area contributed by atoms with Gasteiger partial charge in [0.25, 0.3) is 0 Å². The Bertz CT molecular complexity index is 825. The van der Waals surface area contributed by atoms with Crippen LogP contribution in [0.3, 0.4) is 0 Å². The first-order valence-corrected chi connectivity index (χ1v) is 20.5. The molecule has 0 spiro atoms. The van der Waals surface area contributed by atoms with Crippen LogP contribution in [0.5, 0.6) is 0 Å². The van der Waals surface area contributed by atoms with Gasteiger partial charge in [0.05, 0.1) is 0 Å². The first-order valence-electron chi connectivity index (χ1n) is 9.18. The topological polar surface area (TPSA) is 0 Å². The van der Waals surface area contributed by atoms with Crippen LogP contribution in [-0.4, -0.2) is 11.8 Å². The molecule has 1 unspecified atom stereocenters. The summed E-state index contributed by atoms with van der Waals surface area (Å²) in [7, 11) is 0. The number of benzene rings is 2. The molecule has 2 aliphatic heterocycles. The number of halogens is 2. The third-order valence-electron chi connectivity index (χ3n) is 6.49. The van der Waals surface area contributed by atoms with E-state index in [1.807, 2.05) is 0 Å². The summed E-state index contributed by atoms with van der Waals surface area (Å²) in [4.78, 5) is -2.92. The standard InChI is InChI=1S/C21H28I2P2/c1-21(2,3)25(23)14-16-10-6-8-12-18(16)20(25)19-17-11-7-5-9-15(17)13-24(19,4)22/h5-12,19-20,24-25H,13-14H2,1-4H3/t19?,20-/m1/s1. The van der Waals surface area contributed by atoms with Crippen molar-refractivity contribution in [2.45, 2.75) is 49.6 Å². The Morgan fingerprint density at radius 3 is 1.84 bits per heavy atom. The Balaban J connectivity index is 1.95. The summed E-state index contributed by atoms with van der Waals surface area (Å²) in [6.07, 6.45) is 2.69. The molecule has 0 bridgehead atoms. The monoisotopic (exact) mass is 596 g/mol. The summed E-state index contributed by atoms with van der Waals surface area (Å²) in [5.74, 6) is 0. The summed E-state index contributed by atoms with van der Waals surface area (Å²) in [5, 5.41) is 0.413. The zero-order valence-corrected chi connectivity index (χ0v) is 21.8. The van der Waals surface area contributed by atoms with Crippen molar-refractivity contribution in [3.05, 3.63) is 70.8 Å². The van der Waals surface area contributed by atoms with Gasteiger partial charge in [0.1, 0.15) is 0 Å². The van der Waals surface area contributed by atoms with Gasteiger partial charge in [-0.25, -0.2) is 0 Å². The number of fused-ring (bicyclic) bond motifs is 2.